The molecule has 0 spiro atoms. The van der Waals surface area contributed by atoms with Gasteiger partial charge in [0.25, 0.3) is 5.91 Å². The highest BCUT2D eigenvalue weighted by molar-refractivity contribution is 6.15. The Kier molecular flexibility index (Phi) is 5.84. The number of carbonyl (C=O) groups excluding carboxylic acids is 2. The first-order chi connectivity index (χ1) is 15.1. The molecule has 7 nitrogen and oxygen atoms in total. The summed E-state index contributed by atoms with van der Waals surface area (Å²) >= 11 is 0. The second-order valence-electron chi connectivity index (χ2n) is 7.18. The van der Waals surface area contributed by atoms with E-state index < -0.39 is 23.5 Å². The highest BCUT2D eigenvalue weighted by Crippen LogP contribution is 2.40. The van der Waals surface area contributed by atoms with Gasteiger partial charge in [0.1, 0.15) is 5.75 Å². The number of nitrogens with zero attached hydrogens (tertiary/aromatic N) is 2. The average molecular weight is 418 g/mol. The van der Waals surface area contributed by atoms with Crippen LogP contribution in [0.1, 0.15) is 41.1 Å². The van der Waals surface area contributed by atoms with Gasteiger partial charge in [0.15, 0.2) is 11.5 Å². The van der Waals surface area contributed by atoms with E-state index in [2.05, 4.69) is 4.98 Å². The smallest absolute Gasteiger partial charge is 0.290 e. The summed E-state index contributed by atoms with van der Waals surface area (Å²) in [5.41, 5.74) is 1.47. The van der Waals surface area contributed by atoms with Gasteiger partial charge < -0.3 is 19.2 Å². The highest BCUT2D eigenvalue weighted by Gasteiger charge is 2.44. The summed E-state index contributed by atoms with van der Waals surface area (Å²) in [6.45, 7) is 2.76. The van der Waals surface area contributed by atoms with E-state index in [1.165, 1.54) is 17.2 Å². The summed E-state index contributed by atoms with van der Waals surface area (Å²) in [7, 11) is 0. The lowest BCUT2D eigenvalue weighted by atomic mass is 9.94. The van der Waals surface area contributed by atoms with Crippen LogP contribution in [0.3, 0.4) is 0 Å². The van der Waals surface area contributed by atoms with Crippen molar-refractivity contribution in [3.63, 3.8) is 0 Å². The lowest BCUT2D eigenvalue weighted by Gasteiger charge is -2.27. The molecule has 2 aromatic heterocycles. The number of aliphatic hydroxyl groups is 1. The minimum Gasteiger partial charge on any atom is -0.503 e. The van der Waals surface area contributed by atoms with Crippen molar-refractivity contribution in [1.82, 2.24) is 9.88 Å². The molecule has 0 saturated carbocycles. The molecule has 1 N–H and O–H groups in total. The topological polar surface area (TPSA) is 92.9 Å². The monoisotopic (exact) mass is 418 g/mol. The van der Waals surface area contributed by atoms with Crippen LogP contribution < -0.4 is 4.74 Å². The fraction of sp³-hybridized carbons (Fsp3) is 0.208. The fourth-order valence-corrected chi connectivity index (χ4v) is 3.61. The molecule has 1 amide bonds. The number of ether oxygens (including phenoxy) is 1. The third-order valence-corrected chi connectivity index (χ3v) is 5.04. The SMILES string of the molecule is CCCOc1cccc([C@H]2C(C(=O)c3ccco3)=C(O)C(=O)N2Cc2ccncc2)c1. The summed E-state index contributed by atoms with van der Waals surface area (Å²) < 4.78 is 11.0. The Labute approximate surface area is 179 Å². The molecule has 1 aliphatic rings. The molecule has 158 valence electrons. The van der Waals surface area contributed by atoms with Gasteiger partial charge in [-0.15, -0.1) is 0 Å². The van der Waals surface area contributed by atoms with Gasteiger partial charge in [-0.2, -0.15) is 0 Å². The lowest BCUT2D eigenvalue weighted by Crippen LogP contribution is -2.30. The number of hydrogen-bond donors (Lipinski definition) is 1. The number of ketones is 1. The zero-order chi connectivity index (χ0) is 21.8. The molecule has 1 aromatic carbocycles. The van der Waals surface area contributed by atoms with Gasteiger partial charge in [0, 0.05) is 18.9 Å². The van der Waals surface area contributed by atoms with E-state index in [1.807, 2.05) is 19.1 Å². The Balaban J connectivity index is 1.77. The Hall–Kier alpha value is -3.87. The van der Waals surface area contributed by atoms with E-state index in [0.29, 0.717) is 17.9 Å². The first kappa shape index (κ1) is 20.4. The standard InChI is InChI=1S/C24H22N2O5/c1-2-12-30-18-6-3-5-17(14-18)21-20(22(27)19-7-4-13-31-19)23(28)24(29)26(21)15-16-8-10-25-11-9-16/h3-11,13-14,21,28H,2,12,15H2,1H3/t21-/m0/s1. The Morgan fingerprint density at radius 3 is 2.71 bits per heavy atom. The number of Topliss-reactive ketones (excluding diaryl/α,β-unsaturated/α-hetero) is 1. The predicted octanol–water partition coefficient (Wildman–Crippen LogP) is 4.24. The molecule has 0 bridgehead atoms. The molecule has 31 heavy (non-hydrogen) atoms. The van der Waals surface area contributed by atoms with Gasteiger partial charge >= 0.3 is 0 Å². The Morgan fingerprint density at radius 2 is 2.00 bits per heavy atom. The largest absolute Gasteiger partial charge is 0.503 e. The number of hydrogen-bond acceptors (Lipinski definition) is 6. The van der Waals surface area contributed by atoms with Crippen LogP contribution in [-0.4, -0.2) is 33.3 Å². The number of aromatic nitrogens is 1. The van der Waals surface area contributed by atoms with Crippen molar-refractivity contribution in [2.45, 2.75) is 25.9 Å². The molecule has 3 aromatic rings. The number of carbonyl (C=O) groups is 2. The molecule has 0 saturated heterocycles. The minimum atomic E-state index is -0.788. The molecular formula is C24H22N2O5. The maximum Gasteiger partial charge on any atom is 0.290 e. The zero-order valence-corrected chi connectivity index (χ0v) is 17.0. The van der Waals surface area contributed by atoms with Crippen LogP contribution in [0, 0.1) is 0 Å². The summed E-state index contributed by atoms with van der Waals surface area (Å²) in [4.78, 5) is 31.7. The average Bonchev–Trinajstić information content (AvgIpc) is 3.42. The Morgan fingerprint density at radius 1 is 1.19 bits per heavy atom. The van der Waals surface area contributed by atoms with E-state index in [0.717, 1.165) is 12.0 Å². The van der Waals surface area contributed by atoms with E-state index >= 15 is 0 Å². The number of aliphatic hydroxyl groups excluding tert-OH is 1. The fourth-order valence-electron chi connectivity index (χ4n) is 3.61. The molecule has 0 unspecified atom stereocenters. The quantitative estimate of drug-likeness (QED) is 0.550. The lowest BCUT2D eigenvalue weighted by molar-refractivity contribution is -0.130. The van der Waals surface area contributed by atoms with E-state index in [4.69, 9.17) is 9.15 Å². The first-order valence-electron chi connectivity index (χ1n) is 10.0. The summed E-state index contributed by atoms with van der Waals surface area (Å²) in [5.74, 6) is -1.02. The van der Waals surface area contributed by atoms with Crippen LogP contribution in [0.15, 0.2) is 82.9 Å². The van der Waals surface area contributed by atoms with Crippen LogP contribution >= 0.6 is 0 Å². The van der Waals surface area contributed by atoms with Crippen molar-refractivity contribution in [1.29, 1.82) is 0 Å². The number of furan rings is 1. The molecule has 7 heteroatoms. The van der Waals surface area contributed by atoms with Crippen molar-refractivity contribution in [2.75, 3.05) is 6.61 Å². The van der Waals surface area contributed by atoms with Gasteiger partial charge in [-0.05, 0) is 53.9 Å². The van der Waals surface area contributed by atoms with Crippen molar-refractivity contribution in [2.24, 2.45) is 0 Å². The molecule has 0 aliphatic carbocycles. The van der Waals surface area contributed by atoms with Gasteiger partial charge in [-0.25, -0.2) is 0 Å². The van der Waals surface area contributed by atoms with E-state index in [1.54, 1.807) is 42.7 Å². The van der Waals surface area contributed by atoms with Crippen LogP contribution in [0.25, 0.3) is 0 Å². The van der Waals surface area contributed by atoms with Gasteiger partial charge in [0.2, 0.25) is 5.78 Å². The maximum absolute atomic E-state index is 13.2. The van der Waals surface area contributed by atoms with Crippen LogP contribution in [0.5, 0.6) is 5.75 Å². The van der Waals surface area contributed by atoms with Crippen LogP contribution in [-0.2, 0) is 11.3 Å². The molecule has 1 atom stereocenters. The maximum atomic E-state index is 13.2. The van der Waals surface area contributed by atoms with Gasteiger partial charge in [-0.1, -0.05) is 19.1 Å². The molecule has 1 aliphatic heterocycles. The van der Waals surface area contributed by atoms with Crippen molar-refractivity contribution < 1.29 is 23.8 Å². The number of rotatable bonds is 8. The Bertz CT molecular complexity index is 1110. The number of benzene rings is 1. The van der Waals surface area contributed by atoms with Crippen molar-refractivity contribution in [3.05, 3.63) is 95.4 Å². The van der Waals surface area contributed by atoms with Crippen LogP contribution in [0.4, 0.5) is 0 Å². The number of pyridine rings is 1. The third kappa shape index (κ3) is 4.07. The van der Waals surface area contributed by atoms with Crippen LogP contribution in [0.2, 0.25) is 0 Å². The second kappa shape index (κ2) is 8.87. The third-order valence-electron chi connectivity index (χ3n) is 5.04. The molecule has 4 rings (SSSR count). The zero-order valence-electron chi connectivity index (χ0n) is 17.0. The summed E-state index contributed by atoms with van der Waals surface area (Å²) in [6.07, 6.45) is 5.49. The normalized spacial score (nSPS) is 16.1. The molecule has 0 fully saturated rings. The van der Waals surface area contributed by atoms with Crippen molar-refractivity contribution >= 4 is 11.7 Å². The second-order valence-corrected chi connectivity index (χ2v) is 7.18. The van der Waals surface area contributed by atoms with Crippen molar-refractivity contribution in [3.8, 4) is 5.75 Å². The highest BCUT2D eigenvalue weighted by atomic mass is 16.5. The molecule has 0 radical (unpaired) electrons. The first-order valence-corrected chi connectivity index (χ1v) is 10.0. The molecule has 3 heterocycles. The van der Waals surface area contributed by atoms with E-state index in [9.17, 15) is 14.7 Å². The van der Waals surface area contributed by atoms with Gasteiger partial charge in [0.05, 0.1) is 24.5 Å². The number of amides is 1. The predicted molar refractivity (Wildman–Crippen MR) is 112 cm³/mol. The summed E-state index contributed by atoms with van der Waals surface area (Å²) in [5, 5.41) is 10.7. The van der Waals surface area contributed by atoms with E-state index in [-0.39, 0.29) is 17.9 Å². The summed E-state index contributed by atoms with van der Waals surface area (Å²) in [6, 6.07) is 13.1. The minimum absolute atomic E-state index is 0.0124. The molecular weight excluding hydrogens is 396 g/mol. The van der Waals surface area contributed by atoms with Gasteiger partial charge in [-0.3, -0.25) is 14.6 Å².